The highest BCUT2D eigenvalue weighted by molar-refractivity contribution is 6.29. The van der Waals surface area contributed by atoms with Crippen molar-refractivity contribution in [2.45, 2.75) is 0 Å². The third-order valence-electron chi connectivity index (χ3n) is 1.30. The Morgan fingerprint density at radius 1 is 1.69 bits per heavy atom. The van der Waals surface area contributed by atoms with Crippen LogP contribution < -0.4 is 11.1 Å². The number of amides is 1. The van der Waals surface area contributed by atoms with Crippen molar-refractivity contribution in [2.24, 2.45) is 0 Å². The van der Waals surface area contributed by atoms with Crippen LogP contribution in [-0.4, -0.2) is 18.2 Å². The van der Waals surface area contributed by atoms with Gasteiger partial charge in [0, 0.05) is 0 Å². The van der Waals surface area contributed by atoms with Crippen LogP contribution in [0.3, 0.4) is 0 Å². The lowest BCUT2D eigenvalue weighted by Gasteiger charge is -2.05. The van der Waals surface area contributed by atoms with Crippen molar-refractivity contribution >= 4 is 29.2 Å². The summed E-state index contributed by atoms with van der Waals surface area (Å²) in [6, 6.07) is 3.07. The Bertz CT molecular complexity index is 330. The third-order valence-corrected chi connectivity index (χ3v) is 1.51. The van der Waals surface area contributed by atoms with E-state index in [0.717, 1.165) is 0 Å². The van der Waals surface area contributed by atoms with E-state index in [1.54, 1.807) is 6.07 Å². The van der Waals surface area contributed by atoms with Gasteiger partial charge in [0.25, 0.3) is 0 Å². The summed E-state index contributed by atoms with van der Waals surface area (Å²) in [4.78, 5) is 14.6. The fourth-order valence-corrected chi connectivity index (χ4v) is 0.841. The maximum Gasteiger partial charge on any atom is 0.412 e. The molecule has 0 spiro atoms. The normalized spacial score (nSPS) is 9.38. The van der Waals surface area contributed by atoms with E-state index in [1.807, 2.05) is 0 Å². The number of pyridine rings is 1. The Morgan fingerprint density at radius 3 is 3.00 bits per heavy atom. The lowest BCUT2D eigenvalue weighted by atomic mass is 10.4. The van der Waals surface area contributed by atoms with Crippen molar-refractivity contribution in [3.05, 3.63) is 17.3 Å². The molecule has 0 unspecified atom stereocenters. The van der Waals surface area contributed by atoms with E-state index < -0.39 is 6.09 Å². The van der Waals surface area contributed by atoms with Crippen molar-refractivity contribution in [1.29, 1.82) is 0 Å². The first-order valence-electron chi connectivity index (χ1n) is 3.40. The standard InChI is InChI=1S/C7H8ClN3O2/c1-13-7(12)11-6-4(9)2-3-5(8)10-6/h2-3H,9H2,1H3,(H,10,11,12). The zero-order valence-electron chi connectivity index (χ0n) is 6.87. The SMILES string of the molecule is COC(=O)Nc1nc(Cl)ccc1N. The molecule has 70 valence electrons. The van der Waals surface area contributed by atoms with E-state index in [0.29, 0.717) is 5.69 Å². The number of carbonyl (C=O) groups excluding carboxylic acids is 1. The number of halogens is 1. The number of ether oxygens (including phenoxy) is 1. The van der Waals surface area contributed by atoms with Crippen LogP contribution in [0.1, 0.15) is 0 Å². The number of nitrogens with zero attached hydrogens (tertiary/aromatic N) is 1. The third kappa shape index (κ3) is 2.48. The van der Waals surface area contributed by atoms with Gasteiger partial charge in [0.05, 0.1) is 12.8 Å². The first-order valence-corrected chi connectivity index (χ1v) is 3.78. The van der Waals surface area contributed by atoms with Crippen LogP contribution in [0.25, 0.3) is 0 Å². The molecular formula is C7H8ClN3O2. The molecule has 0 bridgehead atoms. The molecule has 0 saturated carbocycles. The minimum absolute atomic E-state index is 0.194. The fourth-order valence-electron chi connectivity index (χ4n) is 0.694. The summed E-state index contributed by atoms with van der Waals surface area (Å²) in [5, 5.41) is 2.57. The van der Waals surface area contributed by atoms with Gasteiger partial charge in [0.15, 0.2) is 5.82 Å². The van der Waals surface area contributed by atoms with E-state index >= 15 is 0 Å². The van der Waals surface area contributed by atoms with Gasteiger partial charge in [-0.3, -0.25) is 5.32 Å². The maximum atomic E-state index is 10.8. The van der Waals surface area contributed by atoms with E-state index in [4.69, 9.17) is 17.3 Å². The molecule has 6 heteroatoms. The predicted octanol–water partition coefficient (Wildman–Crippen LogP) is 1.50. The molecule has 1 heterocycles. The number of aromatic nitrogens is 1. The highest BCUT2D eigenvalue weighted by Crippen LogP contribution is 2.18. The summed E-state index contributed by atoms with van der Waals surface area (Å²) in [6.45, 7) is 0. The number of hydrogen-bond donors (Lipinski definition) is 2. The topological polar surface area (TPSA) is 77.2 Å². The molecule has 1 rings (SSSR count). The van der Waals surface area contributed by atoms with Crippen LogP contribution >= 0.6 is 11.6 Å². The molecule has 0 aromatic carbocycles. The smallest absolute Gasteiger partial charge is 0.412 e. The van der Waals surface area contributed by atoms with Crippen LogP contribution in [0.2, 0.25) is 5.15 Å². The Kier molecular flexibility index (Phi) is 2.92. The number of rotatable bonds is 1. The summed E-state index contributed by atoms with van der Waals surface area (Å²) in [6.07, 6.45) is -0.638. The number of nitrogens with one attached hydrogen (secondary N) is 1. The fraction of sp³-hybridized carbons (Fsp3) is 0.143. The summed E-state index contributed by atoms with van der Waals surface area (Å²) < 4.78 is 4.36. The number of anilines is 2. The summed E-state index contributed by atoms with van der Waals surface area (Å²) in [5.41, 5.74) is 5.83. The molecule has 1 aromatic heterocycles. The Morgan fingerprint density at radius 2 is 2.38 bits per heavy atom. The molecule has 1 amide bonds. The minimum Gasteiger partial charge on any atom is -0.453 e. The lowest BCUT2D eigenvalue weighted by Crippen LogP contribution is -2.13. The second kappa shape index (κ2) is 3.95. The Balaban J connectivity index is 2.87. The zero-order chi connectivity index (χ0) is 9.84. The Labute approximate surface area is 79.8 Å². The zero-order valence-corrected chi connectivity index (χ0v) is 7.63. The van der Waals surface area contributed by atoms with Crippen molar-refractivity contribution in [3.8, 4) is 0 Å². The van der Waals surface area contributed by atoms with Gasteiger partial charge in [0.1, 0.15) is 5.15 Å². The molecule has 0 aliphatic rings. The largest absolute Gasteiger partial charge is 0.453 e. The average molecular weight is 202 g/mol. The number of methoxy groups -OCH3 is 1. The highest BCUT2D eigenvalue weighted by atomic mass is 35.5. The van der Waals surface area contributed by atoms with Crippen LogP contribution in [0, 0.1) is 0 Å². The van der Waals surface area contributed by atoms with Gasteiger partial charge in [-0.05, 0) is 12.1 Å². The van der Waals surface area contributed by atoms with Gasteiger partial charge >= 0.3 is 6.09 Å². The molecule has 13 heavy (non-hydrogen) atoms. The monoisotopic (exact) mass is 201 g/mol. The lowest BCUT2D eigenvalue weighted by molar-refractivity contribution is 0.187. The van der Waals surface area contributed by atoms with Gasteiger partial charge in [-0.25, -0.2) is 9.78 Å². The van der Waals surface area contributed by atoms with Crippen LogP contribution in [0.15, 0.2) is 12.1 Å². The number of hydrogen-bond acceptors (Lipinski definition) is 4. The quantitative estimate of drug-likeness (QED) is 0.675. The maximum absolute atomic E-state index is 10.8. The van der Waals surface area contributed by atoms with Crippen molar-refractivity contribution in [2.75, 3.05) is 18.2 Å². The van der Waals surface area contributed by atoms with Crippen LogP contribution in [0.5, 0.6) is 0 Å². The first-order chi connectivity index (χ1) is 6.13. The number of nitrogen functional groups attached to an aromatic ring is 1. The van der Waals surface area contributed by atoms with Crippen LogP contribution in [-0.2, 0) is 4.74 Å². The second-order valence-corrected chi connectivity index (χ2v) is 2.58. The van der Waals surface area contributed by atoms with Gasteiger partial charge in [0.2, 0.25) is 0 Å². The molecule has 5 nitrogen and oxygen atoms in total. The first kappa shape index (κ1) is 9.60. The van der Waals surface area contributed by atoms with E-state index in [9.17, 15) is 4.79 Å². The molecule has 1 aromatic rings. The van der Waals surface area contributed by atoms with E-state index in [-0.39, 0.29) is 11.0 Å². The Hall–Kier alpha value is -1.49. The number of nitrogens with two attached hydrogens (primary N) is 1. The summed E-state index contributed by atoms with van der Waals surface area (Å²) in [5.74, 6) is 0.194. The molecular weight excluding hydrogens is 194 g/mol. The highest BCUT2D eigenvalue weighted by Gasteiger charge is 2.05. The van der Waals surface area contributed by atoms with Crippen molar-refractivity contribution in [1.82, 2.24) is 4.98 Å². The molecule has 0 aliphatic carbocycles. The molecule has 3 N–H and O–H groups in total. The van der Waals surface area contributed by atoms with Crippen LogP contribution in [0.4, 0.5) is 16.3 Å². The van der Waals surface area contributed by atoms with E-state index in [1.165, 1.54) is 13.2 Å². The van der Waals surface area contributed by atoms with Gasteiger partial charge in [-0.1, -0.05) is 11.6 Å². The molecule has 0 radical (unpaired) electrons. The molecule has 0 fully saturated rings. The minimum atomic E-state index is -0.638. The second-order valence-electron chi connectivity index (χ2n) is 2.19. The van der Waals surface area contributed by atoms with Gasteiger partial charge in [-0.2, -0.15) is 0 Å². The predicted molar refractivity (Wildman–Crippen MR) is 49.7 cm³/mol. The summed E-state index contributed by atoms with van der Waals surface area (Å²) >= 11 is 5.58. The van der Waals surface area contributed by atoms with Gasteiger partial charge in [-0.15, -0.1) is 0 Å². The average Bonchev–Trinajstić information content (AvgIpc) is 2.11. The summed E-state index contributed by atoms with van der Waals surface area (Å²) in [7, 11) is 1.25. The van der Waals surface area contributed by atoms with Crippen molar-refractivity contribution in [3.63, 3.8) is 0 Å². The van der Waals surface area contributed by atoms with E-state index in [2.05, 4.69) is 15.0 Å². The van der Waals surface area contributed by atoms with Crippen molar-refractivity contribution < 1.29 is 9.53 Å². The van der Waals surface area contributed by atoms with Gasteiger partial charge < -0.3 is 10.5 Å². The molecule has 0 aliphatic heterocycles. The number of carbonyl (C=O) groups is 1. The molecule has 0 atom stereocenters. The molecule has 0 saturated heterocycles.